The number of hydrogen-bond donors (Lipinski definition) is 1. The average molecular weight is 314 g/mol. The van der Waals surface area contributed by atoms with Gasteiger partial charge in [0.25, 0.3) is 0 Å². The summed E-state index contributed by atoms with van der Waals surface area (Å²) >= 11 is 0. The highest BCUT2D eigenvalue weighted by Gasteiger charge is 2.25. The smallest absolute Gasteiger partial charge is 0.331 e. The first kappa shape index (κ1) is 15.6. The Kier molecular flexibility index (Phi) is 4.95. The average Bonchev–Trinajstić information content (AvgIpc) is 2.55. The third-order valence-corrected chi connectivity index (χ3v) is 4.24. The second-order valence-corrected chi connectivity index (χ2v) is 6.01. The molecule has 0 saturated heterocycles. The van der Waals surface area contributed by atoms with Crippen molar-refractivity contribution in [1.29, 1.82) is 0 Å². The van der Waals surface area contributed by atoms with Crippen molar-refractivity contribution in [3.8, 4) is 5.75 Å². The van der Waals surface area contributed by atoms with Crippen LogP contribution in [0.4, 0.5) is 5.69 Å². The summed E-state index contributed by atoms with van der Waals surface area (Å²) in [5.74, 6) is 0.124. The minimum absolute atomic E-state index is 0.0640. The number of allylic oxidation sites excluding steroid dienone is 1. The first-order valence-electron chi connectivity index (χ1n) is 8.21. The Balaban J connectivity index is 1.51. The molecule has 1 aromatic rings. The van der Waals surface area contributed by atoms with Gasteiger partial charge in [-0.05, 0) is 44.2 Å². The van der Waals surface area contributed by atoms with Gasteiger partial charge in [0.15, 0.2) is 5.75 Å². The van der Waals surface area contributed by atoms with Crippen molar-refractivity contribution in [3.63, 3.8) is 0 Å². The van der Waals surface area contributed by atoms with E-state index in [2.05, 4.69) is 11.4 Å². The van der Waals surface area contributed by atoms with Crippen LogP contribution in [0.2, 0.25) is 0 Å². The van der Waals surface area contributed by atoms with Crippen LogP contribution in [0.15, 0.2) is 35.9 Å². The number of rotatable bonds is 5. The molecule has 0 unspecified atom stereocenters. The summed E-state index contributed by atoms with van der Waals surface area (Å²) in [5, 5.41) is 2.95. The maximum absolute atomic E-state index is 12.1. The zero-order valence-electron chi connectivity index (χ0n) is 13.2. The highest BCUT2D eigenvalue weighted by molar-refractivity contribution is 5.89. The van der Waals surface area contributed by atoms with Gasteiger partial charge in [0.1, 0.15) is 6.54 Å². The normalized spacial score (nSPS) is 17.1. The van der Waals surface area contributed by atoms with E-state index in [0.29, 0.717) is 12.3 Å². The largest absolute Gasteiger partial charge is 0.423 e. The number of amides is 1. The molecule has 1 amide bonds. The van der Waals surface area contributed by atoms with Crippen molar-refractivity contribution in [3.05, 3.63) is 35.9 Å². The number of esters is 1. The first-order valence-corrected chi connectivity index (χ1v) is 8.21. The van der Waals surface area contributed by atoms with E-state index in [9.17, 15) is 9.59 Å². The van der Waals surface area contributed by atoms with Crippen LogP contribution in [0.3, 0.4) is 0 Å². The topological polar surface area (TPSA) is 58.6 Å². The highest BCUT2D eigenvalue weighted by Crippen LogP contribution is 2.30. The SMILES string of the molecule is O=C(CN1CC(=O)Oc2ccccc21)NCCC1=CCCCC1. The Bertz CT molecular complexity index is 624. The molecular formula is C18H22N2O3. The molecule has 1 heterocycles. The molecule has 23 heavy (non-hydrogen) atoms. The van der Waals surface area contributed by atoms with Gasteiger partial charge in [0.2, 0.25) is 5.91 Å². The number of fused-ring (bicyclic) bond motifs is 1. The van der Waals surface area contributed by atoms with E-state index in [1.165, 1.54) is 18.4 Å². The van der Waals surface area contributed by atoms with E-state index in [1.54, 1.807) is 11.0 Å². The predicted molar refractivity (Wildman–Crippen MR) is 88.5 cm³/mol. The number of anilines is 1. The lowest BCUT2D eigenvalue weighted by molar-refractivity contribution is -0.133. The van der Waals surface area contributed by atoms with Crippen LogP contribution in [0.25, 0.3) is 0 Å². The minimum atomic E-state index is -0.330. The first-order chi connectivity index (χ1) is 11.2. The van der Waals surface area contributed by atoms with Crippen LogP contribution >= 0.6 is 0 Å². The van der Waals surface area contributed by atoms with Crippen LogP contribution in [0.1, 0.15) is 32.1 Å². The van der Waals surface area contributed by atoms with Gasteiger partial charge in [-0.3, -0.25) is 4.79 Å². The second kappa shape index (κ2) is 7.31. The van der Waals surface area contributed by atoms with E-state index in [-0.39, 0.29) is 25.0 Å². The van der Waals surface area contributed by atoms with Crippen molar-refractivity contribution in [2.75, 3.05) is 24.5 Å². The quantitative estimate of drug-likeness (QED) is 0.515. The summed E-state index contributed by atoms with van der Waals surface area (Å²) in [5.41, 5.74) is 2.24. The maximum Gasteiger partial charge on any atom is 0.331 e. The second-order valence-electron chi connectivity index (χ2n) is 6.01. The summed E-state index contributed by atoms with van der Waals surface area (Å²) < 4.78 is 5.18. The Morgan fingerprint density at radius 2 is 2.13 bits per heavy atom. The number of benzene rings is 1. The summed E-state index contributed by atoms with van der Waals surface area (Å²) in [6.07, 6.45) is 8.07. The molecular weight excluding hydrogens is 292 g/mol. The fourth-order valence-corrected chi connectivity index (χ4v) is 3.07. The van der Waals surface area contributed by atoms with E-state index in [1.807, 2.05) is 18.2 Å². The number of nitrogens with one attached hydrogen (secondary N) is 1. The van der Waals surface area contributed by atoms with Crippen LogP contribution in [-0.2, 0) is 9.59 Å². The third kappa shape index (κ3) is 4.12. The van der Waals surface area contributed by atoms with Gasteiger partial charge in [0.05, 0.1) is 12.2 Å². The van der Waals surface area contributed by atoms with Gasteiger partial charge in [-0.15, -0.1) is 0 Å². The molecule has 122 valence electrons. The van der Waals surface area contributed by atoms with Crippen molar-refractivity contribution in [2.24, 2.45) is 0 Å². The Morgan fingerprint density at radius 1 is 1.26 bits per heavy atom. The summed E-state index contributed by atoms with van der Waals surface area (Å²) in [4.78, 5) is 25.5. The molecule has 0 fully saturated rings. The van der Waals surface area contributed by atoms with Gasteiger partial charge in [-0.2, -0.15) is 0 Å². The fourth-order valence-electron chi connectivity index (χ4n) is 3.07. The lowest BCUT2D eigenvalue weighted by Crippen LogP contribution is -2.43. The molecule has 2 aliphatic rings. The zero-order chi connectivity index (χ0) is 16.1. The summed E-state index contributed by atoms with van der Waals surface area (Å²) in [7, 11) is 0. The van der Waals surface area contributed by atoms with Crippen molar-refractivity contribution in [1.82, 2.24) is 5.32 Å². The highest BCUT2D eigenvalue weighted by atomic mass is 16.5. The standard InChI is InChI=1S/C18H22N2O3/c21-17(19-11-10-14-6-2-1-3-7-14)12-20-13-18(22)23-16-9-5-4-8-15(16)20/h4-6,8-9H,1-3,7,10-13H2,(H,19,21). The minimum Gasteiger partial charge on any atom is -0.423 e. The lowest BCUT2D eigenvalue weighted by atomic mass is 9.97. The zero-order valence-corrected chi connectivity index (χ0v) is 13.2. The van der Waals surface area contributed by atoms with Crippen LogP contribution < -0.4 is 15.0 Å². The molecule has 5 nitrogen and oxygen atoms in total. The molecule has 5 heteroatoms. The lowest BCUT2D eigenvalue weighted by Gasteiger charge is -2.29. The number of carbonyl (C=O) groups is 2. The van der Waals surface area contributed by atoms with Gasteiger partial charge < -0.3 is 15.0 Å². The molecule has 0 atom stereocenters. The number of ether oxygens (including phenoxy) is 1. The number of carbonyl (C=O) groups excluding carboxylic acids is 2. The molecule has 1 N–H and O–H groups in total. The molecule has 1 aliphatic heterocycles. The van der Waals surface area contributed by atoms with Gasteiger partial charge >= 0.3 is 5.97 Å². The maximum atomic E-state index is 12.1. The number of hydrogen-bond acceptors (Lipinski definition) is 4. The van der Waals surface area contributed by atoms with Crippen LogP contribution in [-0.4, -0.2) is 31.5 Å². The molecule has 3 rings (SSSR count). The van der Waals surface area contributed by atoms with Crippen LogP contribution in [0, 0.1) is 0 Å². The Hall–Kier alpha value is -2.30. The van der Waals surface area contributed by atoms with Gasteiger partial charge in [-0.1, -0.05) is 23.8 Å². The van der Waals surface area contributed by atoms with E-state index < -0.39 is 0 Å². The molecule has 0 aromatic heterocycles. The molecule has 0 radical (unpaired) electrons. The van der Waals surface area contributed by atoms with Crippen molar-refractivity contribution >= 4 is 17.6 Å². The summed E-state index contributed by atoms with van der Waals surface area (Å²) in [6, 6.07) is 7.29. The molecule has 1 aromatic carbocycles. The van der Waals surface area contributed by atoms with Gasteiger partial charge in [0, 0.05) is 6.54 Å². The summed E-state index contributed by atoms with van der Waals surface area (Å²) in [6.45, 7) is 0.936. The fraction of sp³-hybridized carbons (Fsp3) is 0.444. The van der Waals surface area contributed by atoms with Gasteiger partial charge in [-0.25, -0.2) is 4.79 Å². The van der Waals surface area contributed by atoms with E-state index in [0.717, 1.165) is 24.9 Å². The van der Waals surface area contributed by atoms with Crippen LogP contribution in [0.5, 0.6) is 5.75 Å². The molecule has 1 aliphatic carbocycles. The molecule has 0 bridgehead atoms. The van der Waals surface area contributed by atoms with E-state index in [4.69, 9.17) is 4.74 Å². The van der Waals surface area contributed by atoms with Crippen molar-refractivity contribution in [2.45, 2.75) is 32.1 Å². The van der Waals surface area contributed by atoms with E-state index >= 15 is 0 Å². The Morgan fingerprint density at radius 3 is 2.96 bits per heavy atom. The monoisotopic (exact) mass is 314 g/mol. The molecule has 0 spiro atoms. The van der Waals surface area contributed by atoms with Crippen molar-refractivity contribution < 1.29 is 14.3 Å². The number of para-hydroxylation sites is 2. The Labute approximate surface area is 136 Å². The predicted octanol–water partition coefficient (Wildman–Crippen LogP) is 2.42. The third-order valence-electron chi connectivity index (χ3n) is 4.24. The number of nitrogens with zero attached hydrogens (tertiary/aromatic N) is 1. The molecule has 0 saturated carbocycles.